The van der Waals surface area contributed by atoms with Gasteiger partial charge in [-0.1, -0.05) is 83.1 Å². The molecular weight excluding hydrogens is 629 g/mol. The van der Waals surface area contributed by atoms with E-state index in [1.54, 1.807) is 0 Å². The van der Waals surface area contributed by atoms with Gasteiger partial charge in [-0.15, -0.1) is 0 Å². The molecule has 8 nitrogen and oxygen atoms in total. The highest BCUT2D eigenvalue weighted by Crippen LogP contribution is 2.46. The smallest absolute Gasteiger partial charge is 0.158 e. The standard InChI is InChI=1S/C43H64N8/c1-38(2,3)34-32(31-21-17-27-45-51(31)48-34)40(7,8)22-23-42(11,12)35-33(37-44-26-18-28-49(37)47-35)41(9,10)24-25-43(13,14)50-36(39(4,5)6)29-19-15-16-20-30(29)46-50/h17-18,21,26-28H,15-16,19-20,22-25H2,1-14H3. The Bertz CT molecular complexity index is 2030. The van der Waals surface area contributed by atoms with E-state index in [9.17, 15) is 0 Å². The molecule has 0 bridgehead atoms. The first-order valence-corrected chi connectivity index (χ1v) is 19.4. The molecule has 0 saturated heterocycles. The Kier molecular flexibility index (Phi) is 9.16. The van der Waals surface area contributed by atoms with Crippen LogP contribution in [0.3, 0.4) is 0 Å². The number of aromatic nitrogens is 8. The molecule has 0 spiro atoms. The van der Waals surface area contributed by atoms with Crippen LogP contribution in [0.4, 0.5) is 0 Å². The third-order valence-electron chi connectivity index (χ3n) is 11.7. The Balaban J connectivity index is 1.33. The molecule has 0 saturated carbocycles. The molecule has 5 heterocycles. The fraction of sp³-hybridized carbons (Fsp3) is 0.651. The van der Waals surface area contributed by atoms with Crippen molar-refractivity contribution < 1.29 is 0 Å². The Morgan fingerprint density at radius 2 is 1.27 bits per heavy atom. The zero-order valence-electron chi connectivity index (χ0n) is 34.2. The third-order valence-corrected chi connectivity index (χ3v) is 11.7. The molecule has 1 aliphatic carbocycles. The third kappa shape index (κ3) is 6.89. The number of aryl methyl sites for hydroxylation is 1. The van der Waals surface area contributed by atoms with Crippen LogP contribution in [-0.2, 0) is 45.5 Å². The molecule has 51 heavy (non-hydrogen) atoms. The van der Waals surface area contributed by atoms with E-state index >= 15 is 0 Å². The second kappa shape index (κ2) is 12.5. The molecule has 0 N–H and O–H groups in total. The van der Waals surface area contributed by atoms with Gasteiger partial charge >= 0.3 is 0 Å². The van der Waals surface area contributed by atoms with E-state index in [2.05, 4.69) is 119 Å². The topological polar surface area (TPSA) is 78.2 Å². The van der Waals surface area contributed by atoms with Crippen LogP contribution in [0.1, 0.15) is 175 Å². The van der Waals surface area contributed by atoms with Crippen molar-refractivity contribution in [3.05, 3.63) is 76.3 Å². The molecule has 0 fully saturated rings. The van der Waals surface area contributed by atoms with Crippen LogP contribution in [0, 0.1) is 0 Å². The molecule has 0 aromatic carbocycles. The first-order valence-electron chi connectivity index (χ1n) is 19.4. The summed E-state index contributed by atoms with van der Waals surface area (Å²) in [7, 11) is 0. The normalized spacial score (nSPS) is 15.3. The van der Waals surface area contributed by atoms with Gasteiger partial charge < -0.3 is 0 Å². The summed E-state index contributed by atoms with van der Waals surface area (Å²) in [6.07, 6.45) is 14.5. The maximum atomic E-state index is 5.35. The Morgan fingerprint density at radius 3 is 1.96 bits per heavy atom. The van der Waals surface area contributed by atoms with E-state index in [1.807, 2.05) is 33.7 Å². The molecule has 5 aromatic rings. The van der Waals surface area contributed by atoms with Gasteiger partial charge in [-0.25, -0.2) is 9.50 Å². The lowest BCUT2D eigenvalue weighted by Crippen LogP contribution is -2.35. The predicted octanol–water partition coefficient (Wildman–Crippen LogP) is 9.97. The van der Waals surface area contributed by atoms with Crippen molar-refractivity contribution >= 4 is 11.2 Å². The van der Waals surface area contributed by atoms with Crippen molar-refractivity contribution in [3.63, 3.8) is 0 Å². The maximum Gasteiger partial charge on any atom is 0.158 e. The van der Waals surface area contributed by atoms with Crippen LogP contribution in [0.25, 0.3) is 11.2 Å². The number of rotatable bonds is 10. The molecule has 1 aliphatic rings. The predicted molar refractivity (Wildman–Crippen MR) is 209 cm³/mol. The fourth-order valence-corrected chi connectivity index (χ4v) is 8.55. The molecule has 0 aliphatic heterocycles. The highest BCUT2D eigenvalue weighted by atomic mass is 15.4. The quantitative estimate of drug-likeness (QED) is 0.146. The summed E-state index contributed by atoms with van der Waals surface area (Å²) in [6.45, 7) is 32.9. The van der Waals surface area contributed by atoms with Gasteiger partial charge in [0.2, 0.25) is 0 Å². The molecule has 8 heteroatoms. The number of hydrogen-bond acceptors (Lipinski definition) is 5. The number of fused-ring (bicyclic) bond motifs is 3. The lowest BCUT2D eigenvalue weighted by molar-refractivity contribution is 0.242. The summed E-state index contributed by atoms with van der Waals surface area (Å²) in [5, 5.41) is 20.2. The average molecular weight is 693 g/mol. The SMILES string of the molecule is CC(C)(C)c1nn2ncccc2c1C(C)(C)CCC(C)(C)c1nn2cccnc2c1C(C)(C)CCC(C)(C)n1nc2c(c1C(C)(C)C)CCCC2. The van der Waals surface area contributed by atoms with Gasteiger partial charge in [0.25, 0.3) is 0 Å². The van der Waals surface area contributed by atoms with Gasteiger partial charge in [-0.05, 0) is 99.8 Å². The second-order valence-corrected chi connectivity index (χ2v) is 20.1. The van der Waals surface area contributed by atoms with E-state index in [1.165, 1.54) is 40.9 Å². The van der Waals surface area contributed by atoms with E-state index in [0.29, 0.717) is 0 Å². The zero-order chi connectivity index (χ0) is 37.4. The highest BCUT2D eigenvalue weighted by Gasteiger charge is 2.41. The van der Waals surface area contributed by atoms with E-state index in [-0.39, 0.29) is 32.6 Å². The minimum Gasteiger partial charge on any atom is -0.263 e. The molecule has 0 radical (unpaired) electrons. The van der Waals surface area contributed by atoms with Gasteiger partial charge in [0, 0.05) is 51.7 Å². The van der Waals surface area contributed by atoms with Gasteiger partial charge in [-0.2, -0.15) is 25.0 Å². The van der Waals surface area contributed by atoms with Crippen LogP contribution in [0.15, 0.2) is 36.8 Å². The van der Waals surface area contributed by atoms with Crippen LogP contribution in [0.2, 0.25) is 0 Å². The molecule has 5 aromatic heterocycles. The molecule has 0 amide bonds. The molecule has 0 atom stereocenters. The minimum atomic E-state index is -0.198. The Morgan fingerprint density at radius 1 is 0.627 bits per heavy atom. The van der Waals surface area contributed by atoms with Crippen LogP contribution < -0.4 is 0 Å². The van der Waals surface area contributed by atoms with Gasteiger partial charge in [-0.3, -0.25) is 4.68 Å². The van der Waals surface area contributed by atoms with Crippen molar-refractivity contribution in [3.8, 4) is 0 Å². The van der Waals surface area contributed by atoms with Crippen LogP contribution in [-0.4, -0.2) is 39.2 Å². The first-order chi connectivity index (χ1) is 23.5. The summed E-state index contributed by atoms with van der Waals surface area (Å²) in [5.74, 6) is 0. The van der Waals surface area contributed by atoms with E-state index in [4.69, 9.17) is 20.3 Å². The second-order valence-electron chi connectivity index (χ2n) is 20.1. The van der Waals surface area contributed by atoms with Crippen molar-refractivity contribution in [2.24, 2.45) is 0 Å². The zero-order valence-corrected chi connectivity index (χ0v) is 34.2. The molecular formula is C43H64N8. The summed E-state index contributed by atoms with van der Waals surface area (Å²) in [4.78, 5) is 4.96. The van der Waals surface area contributed by atoms with Crippen molar-refractivity contribution in [2.45, 2.75) is 181 Å². The van der Waals surface area contributed by atoms with Gasteiger partial charge in [0.1, 0.15) is 0 Å². The fourth-order valence-electron chi connectivity index (χ4n) is 8.55. The lowest BCUT2D eigenvalue weighted by Gasteiger charge is -2.37. The average Bonchev–Trinajstić information content (AvgIpc) is 3.76. The number of hydrogen-bond donors (Lipinski definition) is 0. The van der Waals surface area contributed by atoms with Crippen molar-refractivity contribution in [1.29, 1.82) is 0 Å². The van der Waals surface area contributed by atoms with Gasteiger partial charge in [0.15, 0.2) is 5.65 Å². The van der Waals surface area contributed by atoms with E-state index in [0.717, 1.165) is 61.1 Å². The highest BCUT2D eigenvalue weighted by molar-refractivity contribution is 5.60. The van der Waals surface area contributed by atoms with Crippen molar-refractivity contribution in [2.75, 3.05) is 0 Å². The Hall–Kier alpha value is -3.55. The number of nitrogens with zero attached hydrogens (tertiary/aromatic N) is 8. The molecule has 0 unspecified atom stereocenters. The van der Waals surface area contributed by atoms with Crippen LogP contribution >= 0.6 is 0 Å². The van der Waals surface area contributed by atoms with Gasteiger partial charge in [0.05, 0.1) is 28.1 Å². The Labute approximate surface area is 306 Å². The summed E-state index contributed by atoms with van der Waals surface area (Å²) in [5.41, 5.74) is 10.5. The lowest BCUT2D eigenvalue weighted by atomic mass is 9.69. The minimum absolute atomic E-state index is 0.0373. The summed E-state index contributed by atoms with van der Waals surface area (Å²) in [6, 6.07) is 6.17. The summed E-state index contributed by atoms with van der Waals surface area (Å²) >= 11 is 0. The maximum absolute atomic E-state index is 5.35. The largest absolute Gasteiger partial charge is 0.263 e. The molecule has 276 valence electrons. The monoisotopic (exact) mass is 693 g/mol. The summed E-state index contributed by atoms with van der Waals surface area (Å²) < 4.78 is 6.25. The van der Waals surface area contributed by atoms with Crippen molar-refractivity contribution in [1.82, 2.24) is 39.2 Å². The van der Waals surface area contributed by atoms with Crippen LogP contribution in [0.5, 0.6) is 0 Å². The van der Waals surface area contributed by atoms with E-state index < -0.39 is 0 Å². The molecule has 6 rings (SSSR count). The first kappa shape index (κ1) is 37.2.